The summed E-state index contributed by atoms with van der Waals surface area (Å²) in [5.41, 5.74) is -1.14. The predicted molar refractivity (Wildman–Crippen MR) is 106 cm³/mol. The molecule has 2 aliphatic heterocycles. The largest absolute Gasteiger partial charge is 0.471 e. The highest BCUT2D eigenvalue weighted by atomic mass is 32.2. The van der Waals surface area contributed by atoms with Crippen LogP contribution in [0.5, 0.6) is 5.88 Å². The maximum Gasteiger partial charge on any atom is 0.423 e. The van der Waals surface area contributed by atoms with Gasteiger partial charge in [-0.2, -0.15) is 27.6 Å². The molecule has 4 rings (SSSR count). The van der Waals surface area contributed by atoms with E-state index >= 15 is 0 Å². The minimum Gasteiger partial charge on any atom is -0.471 e. The minimum absolute atomic E-state index is 0.00127. The third kappa shape index (κ3) is 5.19. The maximum absolute atomic E-state index is 14.9. The van der Waals surface area contributed by atoms with E-state index in [0.29, 0.717) is 19.2 Å². The number of anilines is 1. The van der Waals surface area contributed by atoms with Crippen LogP contribution in [0.3, 0.4) is 0 Å². The monoisotopic (exact) mass is 494 g/mol. The number of halogens is 4. The van der Waals surface area contributed by atoms with Gasteiger partial charge in [0.1, 0.15) is 22.7 Å². The van der Waals surface area contributed by atoms with Crippen LogP contribution in [-0.2, 0) is 28.0 Å². The summed E-state index contributed by atoms with van der Waals surface area (Å²) in [6.45, 7) is 0.0732. The number of piperidine rings is 1. The lowest BCUT2D eigenvalue weighted by atomic mass is 10.1. The highest BCUT2D eigenvalue weighted by Gasteiger charge is 2.39. The molecule has 15 heteroatoms. The highest BCUT2D eigenvalue weighted by Crippen LogP contribution is 2.36. The first kappa shape index (κ1) is 23.6. The van der Waals surface area contributed by atoms with Crippen LogP contribution >= 0.6 is 0 Å². The van der Waals surface area contributed by atoms with E-state index in [2.05, 4.69) is 20.4 Å². The number of rotatable bonds is 6. The quantitative estimate of drug-likeness (QED) is 0.603. The van der Waals surface area contributed by atoms with E-state index in [4.69, 9.17) is 9.47 Å². The molecule has 3 atom stereocenters. The van der Waals surface area contributed by atoms with E-state index in [0.717, 1.165) is 4.31 Å². The highest BCUT2D eigenvalue weighted by molar-refractivity contribution is 7.89. The summed E-state index contributed by atoms with van der Waals surface area (Å²) in [6, 6.07) is -0.898. The zero-order valence-corrected chi connectivity index (χ0v) is 18.3. The molecule has 0 radical (unpaired) electrons. The molecule has 0 amide bonds. The van der Waals surface area contributed by atoms with Crippen molar-refractivity contribution in [2.75, 3.05) is 31.6 Å². The lowest BCUT2D eigenvalue weighted by Gasteiger charge is -2.34. The SMILES string of the molecule is Cn1cc(S(=O)(=O)N2CC[C@@H](Nc3ncc(C(F)(F)F)c(O[C@H]4CCOC4)n3)[C@@H](F)C2)cn1. The fourth-order valence-corrected chi connectivity index (χ4v) is 5.04. The Morgan fingerprint density at radius 1 is 1.27 bits per heavy atom. The van der Waals surface area contributed by atoms with Crippen LogP contribution in [-0.4, -0.2) is 77.1 Å². The van der Waals surface area contributed by atoms with Crippen LogP contribution in [0.25, 0.3) is 0 Å². The molecule has 4 heterocycles. The molecular formula is C18H22F4N6O4S. The Morgan fingerprint density at radius 3 is 2.67 bits per heavy atom. The van der Waals surface area contributed by atoms with Gasteiger partial charge >= 0.3 is 6.18 Å². The van der Waals surface area contributed by atoms with Crippen molar-refractivity contribution in [3.8, 4) is 5.88 Å². The molecule has 182 valence electrons. The standard InChI is InChI=1S/C18H22F4N6O4S/c1-27-8-12(6-24-27)33(29,30)28-4-2-15(14(19)9-28)25-17-23-7-13(18(20,21)22)16(26-17)32-11-3-5-31-10-11/h6-8,11,14-15H,2-5,9-10H2,1H3,(H,23,25,26)/t11-,14-,15+/m0/s1. The number of aryl methyl sites for hydroxylation is 1. The van der Waals surface area contributed by atoms with Gasteiger partial charge in [-0.3, -0.25) is 4.68 Å². The van der Waals surface area contributed by atoms with Crippen molar-refractivity contribution in [1.82, 2.24) is 24.1 Å². The van der Waals surface area contributed by atoms with Crippen LogP contribution in [0, 0.1) is 0 Å². The van der Waals surface area contributed by atoms with Gasteiger partial charge in [-0.1, -0.05) is 0 Å². The third-order valence-electron chi connectivity index (χ3n) is 5.36. The number of alkyl halides is 4. The number of aromatic nitrogens is 4. The first-order valence-electron chi connectivity index (χ1n) is 10.1. The second-order valence-electron chi connectivity index (χ2n) is 7.78. The summed E-state index contributed by atoms with van der Waals surface area (Å²) in [5, 5.41) is 6.50. The second-order valence-corrected chi connectivity index (χ2v) is 9.72. The van der Waals surface area contributed by atoms with E-state index in [1.54, 1.807) is 7.05 Å². The fourth-order valence-electron chi connectivity index (χ4n) is 3.59. The van der Waals surface area contributed by atoms with Crippen molar-refractivity contribution in [2.24, 2.45) is 7.05 Å². The molecule has 2 aromatic rings. The average molecular weight is 494 g/mol. The number of hydrogen-bond acceptors (Lipinski definition) is 8. The molecule has 2 aromatic heterocycles. The van der Waals surface area contributed by atoms with E-state index < -0.39 is 52.5 Å². The van der Waals surface area contributed by atoms with Gasteiger partial charge in [0, 0.05) is 39.0 Å². The van der Waals surface area contributed by atoms with Gasteiger partial charge in [-0.25, -0.2) is 17.8 Å². The van der Waals surface area contributed by atoms with Gasteiger partial charge in [0.05, 0.1) is 25.5 Å². The Hall–Kier alpha value is -2.52. The van der Waals surface area contributed by atoms with Gasteiger partial charge in [-0.05, 0) is 6.42 Å². The Labute approximate surface area is 186 Å². The minimum atomic E-state index is -4.73. The zero-order chi connectivity index (χ0) is 23.8. The molecule has 33 heavy (non-hydrogen) atoms. The topological polar surface area (TPSA) is 111 Å². The first-order chi connectivity index (χ1) is 15.5. The molecule has 0 spiro atoms. The first-order valence-corrected chi connectivity index (χ1v) is 11.6. The third-order valence-corrected chi connectivity index (χ3v) is 7.18. The fraction of sp³-hybridized carbons (Fsp3) is 0.611. The van der Waals surface area contributed by atoms with Crippen LogP contribution < -0.4 is 10.1 Å². The van der Waals surface area contributed by atoms with E-state index in [1.807, 2.05) is 0 Å². The number of ether oxygens (including phenoxy) is 2. The summed E-state index contributed by atoms with van der Waals surface area (Å²) < 4.78 is 93.0. The molecule has 10 nitrogen and oxygen atoms in total. The second kappa shape index (κ2) is 9.02. The van der Waals surface area contributed by atoms with E-state index in [-0.39, 0.29) is 30.4 Å². The van der Waals surface area contributed by atoms with Crippen molar-refractivity contribution in [2.45, 2.75) is 42.2 Å². The normalized spacial score (nSPS) is 24.7. The lowest BCUT2D eigenvalue weighted by Crippen LogP contribution is -2.50. The molecule has 0 aliphatic carbocycles. The molecule has 0 unspecified atom stereocenters. The summed E-state index contributed by atoms with van der Waals surface area (Å²) in [6.07, 6.45) is -3.41. The van der Waals surface area contributed by atoms with E-state index in [1.165, 1.54) is 17.1 Å². The number of hydrogen-bond donors (Lipinski definition) is 1. The summed E-state index contributed by atoms with van der Waals surface area (Å²) >= 11 is 0. The molecule has 2 aliphatic rings. The Balaban J connectivity index is 1.46. The Bertz CT molecular complexity index is 1090. The molecule has 0 aromatic carbocycles. The predicted octanol–water partition coefficient (Wildman–Crippen LogP) is 1.61. The van der Waals surface area contributed by atoms with Gasteiger partial charge in [0.25, 0.3) is 0 Å². The molecule has 2 saturated heterocycles. The lowest BCUT2D eigenvalue weighted by molar-refractivity contribution is -0.139. The van der Waals surface area contributed by atoms with Crippen molar-refractivity contribution < 1.29 is 35.5 Å². The Morgan fingerprint density at radius 2 is 2.06 bits per heavy atom. The summed E-state index contributed by atoms with van der Waals surface area (Å²) in [5.74, 6) is -0.907. The van der Waals surface area contributed by atoms with Crippen molar-refractivity contribution in [1.29, 1.82) is 0 Å². The molecule has 0 bridgehead atoms. The maximum atomic E-state index is 14.9. The van der Waals surface area contributed by atoms with Crippen LogP contribution in [0.1, 0.15) is 18.4 Å². The van der Waals surface area contributed by atoms with Crippen LogP contribution in [0.4, 0.5) is 23.5 Å². The van der Waals surface area contributed by atoms with Crippen LogP contribution in [0.2, 0.25) is 0 Å². The smallest absolute Gasteiger partial charge is 0.423 e. The van der Waals surface area contributed by atoms with E-state index in [9.17, 15) is 26.0 Å². The van der Waals surface area contributed by atoms with Gasteiger partial charge < -0.3 is 14.8 Å². The van der Waals surface area contributed by atoms with Gasteiger partial charge in [-0.15, -0.1) is 0 Å². The van der Waals surface area contributed by atoms with Crippen molar-refractivity contribution >= 4 is 16.0 Å². The average Bonchev–Trinajstić information content (AvgIpc) is 3.41. The number of nitrogens with one attached hydrogen (secondary N) is 1. The molecule has 1 N–H and O–H groups in total. The van der Waals surface area contributed by atoms with Gasteiger partial charge in [0.15, 0.2) is 0 Å². The number of nitrogens with zero attached hydrogens (tertiary/aromatic N) is 5. The number of sulfonamides is 1. The van der Waals surface area contributed by atoms with Crippen molar-refractivity contribution in [3.63, 3.8) is 0 Å². The zero-order valence-electron chi connectivity index (χ0n) is 17.5. The van der Waals surface area contributed by atoms with Crippen LogP contribution in [0.15, 0.2) is 23.5 Å². The molecular weight excluding hydrogens is 472 g/mol. The molecule has 2 fully saturated rings. The van der Waals surface area contributed by atoms with Crippen molar-refractivity contribution in [3.05, 3.63) is 24.2 Å². The summed E-state index contributed by atoms with van der Waals surface area (Å²) in [4.78, 5) is 7.44. The molecule has 0 saturated carbocycles. The Kier molecular flexibility index (Phi) is 6.46. The van der Waals surface area contributed by atoms with Gasteiger partial charge in [0.2, 0.25) is 21.9 Å². The summed E-state index contributed by atoms with van der Waals surface area (Å²) in [7, 11) is -2.35.